The molecule has 3 nitrogen and oxygen atoms in total. The standard InChI is InChI=1S/C24H30O3S/c1-27-24(26)14-5-3-2-4-9-18-15-16-22(25)21(18)12-8-11-20-17-19-10-6-7-13-23(19)28-20/h2,4,6-8,10,12-13,17-18,21-22,25H,3,5,9,11,14-16H2,1H3/b4-2-,12-8+/t18-,21?,22+/m0/s1. The van der Waals surface area contributed by atoms with Gasteiger partial charge in [-0.2, -0.15) is 0 Å². The Bertz CT molecular complexity index is 787. The Hall–Kier alpha value is -1.91. The third-order valence-corrected chi connectivity index (χ3v) is 6.70. The molecule has 1 aromatic heterocycles. The summed E-state index contributed by atoms with van der Waals surface area (Å²) in [4.78, 5) is 12.5. The summed E-state index contributed by atoms with van der Waals surface area (Å²) < 4.78 is 5.99. The van der Waals surface area contributed by atoms with Crippen LogP contribution in [0, 0.1) is 11.8 Å². The van der Waals surface area contributed by atoms with E-state index in [4.69, 9.17) is 0 Å². The molecule has 1 fully saturated rings. The van der Waals surface area contributed by atoms with Gasteiger partial charge >= 0.3 is 5.97 Å². The van der Waals surface area contributed by atoms with Crippen molar-refractivity contribution in [2.24, 2.45) is 11.8 Å². The highest BCUT2D eigenvalue weighted by molar-refractivity contribution is 7.19. The molecule has 0 radical (unpaired) electrons. The van der Waals surface area contributed by atoms with Crippen molar-refractivity contribution in [3.05, 3.63) is 59.5 Å². The fourth-order valence-electron chi connectivity index (χ4n) is 3.98. The van der Waals surface area contributed by atoms with E-state index < -0.39 is 0 Å². The highest BCUT2D eigenvalue weighted by Crippen LogP contribution is 2.36. The van der Waals surface area contributed by atoms with Crippen molar-refractivity contribution in [3.63, 3.8) is 0 Å². The van der Waals surface area contributed by atoms with Crippen LogP contribution in [0.5, 0.6) is 0 Å². The Labute approximate surface area is 171 Å². The van der Waals surface area contributed by atoms with Crippen LogP contribution in [0.3, 0.4) is 0 Å². The van der Waals surface area contributed by atoms with Gasteiger partial charge in [-0.05, 0) is 62.0 Å². The number of allylic oxidation sites excluding steroid dienone is 3. The van der Waals surface area contributed by atoms with E-state index in [1.807, 2.05) is 11.3 Å². The fraction of sp³-hybridized carbons (Fsp3) is 0.458. The van der Waals surface area contributed by atoms with Crippen LogP contribution in [0.15, 0.2) is 54.6 Å². The Morgan fingerprint density at radius 1 is 1.25 bits per heavy atom. The first-order chi connectivity index (χ1) is 13.7. The molecule has 2 aromatic rings. The molecule has 150 valence electrons. The van der Waals surface area contributed by atoms with Gasteiger partial charge in [0.2, 0.25) is 0 Å². The molecule has 3 atom stereocenters. The van der Waals surface area contributed by atoms with Gasteiger partial charge in [0.1, 0.15) is 0 Å². The van der Waals surface area contributed by atoms with Gasteiger partial charge in [0.25, 0.3) is 0 Å². The zero-order valence-electron chi connectivity index (χ0n) is 16.5. The first-order valence-electron chi connectivity index (χ1n) is 10.2. The molecule has 1 aliphatic rings. The van der Waals surface area contributed by atoms with Crippen molar-refractivity contribution < 1.29 is 14.6 Å². The van der Waals surface area contributed by atoms with Gasteiger partial charge in [-0.15, -0.1) is 11.3 Å². The summed E-state index contributed by atoms with van der Waals surface area (Å²) >= 11 is 1.85. The summed E-state index contributed by atoms with van der Waals surface area (Å²) in [6, 6.07) is 10.8. The molecule has 0 saturated heterocycles. The Morgan fingerprint density at radius 3 is 2.93 bits per heavy atom. The summed E-state index contributed by atoms with van der Waals surface area (Å²) in [5.41, 5.74) is 0. The Kier molecular flexibility index (Phi) is 7.87. The van der Waals surface area contributed by atoms with Crippen LogP contribution < -0.4 is 0 Å². The minimum Gasteiger partial charge on any atom is -0.469 e. The molecule has 0 amide bonds. The first-order valence-corrected chi connectivity index (χ1v) is 11.0. The minimum absolute atomic E-state index is 0.142. The number of fused-ring (bicyclic) bond motifs is 1. The van der Waals surface area contributed by atoms with Crippen LogP contribution in [0.2, 0.25) is 0 Å². The number of hydrogen-bond donors (Lipinski definition) is 1. The molecule has 0 spiro atoms. The van der Waals surface area contributed by atoms with Crippen LogP contribution in [0.1, 0.15) is 43.4 Å². The molecule has 1 aliphatic carbocycles. The molecular formula is C24H30O3S. The third-order valence-electron chi connectivity index (χ3n) is 5.56. The number of rotatable bonds is 9. The summed E-state index contributed by atoms with van der Waals surface area (Å²) in [6.45, 7) is 0. The smallest absolute Gasteiger partial charge is 0.305 e. The Morgan fingerprint density at radius 2 is 2.11 bits per heavy atom. The highest BCUT2D eigenvalue weighted by atomic mass is 32.1. The summed E-state index contributed by atoms with van der Waals surface area (Å²) in [5, 5.41) is 11.7. The van der Waals surface area contributed by atoms with Gasteiger partial charge in [0.05, 0.1) is 13.2 Å². The topological polar surface area (TPSA) is 46.5 Å². The van der Waals surface area contributed by atoms with E-state index >= 15 is 0 Å². The minimum atomic E-state index is -0.226. The van der Waals surface area contributed by atoms with Crippen molar-refractivity contribution in [2.45, 2.75) is 51.0 Å². The normalized spacial score (nSPS) is 22.6. The second-order valence-corrected chi connectivity index (χ2v) is 8.71. The third kappa shape index (κ3) is 5.79. The van der Waals surface area contributed by atoms with Crippen molar-refractivity contribution in [3.8, 4) is 0 Å². The largest absolute Gasteiger partial charge is 0.469 e. The number of esters is 1. The van der Waals surface area contributed by atoms with Gasteiger partial charge in [0.15, 0.2) is 0 Å². The molecule has 1 N–H and O–H groups in total. The zero-order valence-corrected chi connectivity index (χ0v) is 17.4. The molecule has 1 heterocycles. The summed E-state index contributed by atoms with van der Waals surface area (Å²) in [6.07, 6.45) is 14.7. The average molecular weight is 399 g/mol. The first kappa shape index (κ1) is 20.8. The van der Waals surface area contributed by atoms with Gasteiger partial charge in [-0.1, -0.05) is 42.5 Å². The van der Waals surface area contributed by atoms with E-state index in [9.17, 15) is 9.90 Å². The number of aliphatic hydroxyl groups excluding tert-OH is 1. The van der Waals surface area contributed by atoms with Gasteiger partial charge in [-0.3, -0.25) is 4.79 Å². The second kappa shape index (κ2) is 10.6. The number of unbranched alkanes of at least 4 members (excludes halogenated alkanes) is 1. The fourth-order valence-corrected chi connectivity index (χ4v) is 5.02. The lowest BCUT2D eigenvalue weighted by molar-refractivity contribution is -0.140. The van der Waals surface area contributed by atoms with Crippen LogP contribution in [0.25, 0.3) is 10.1 Å². The maximum absolute atomic E-state index is 11.1. The van der Waals surface area contributed by atoms with Crippen molar-refractivity contribution in [1.29, 1.82) is 0 Å². The molecular weight excluding hydrogens is 368 g/mol. The quantitative estimate of drug-likeness (QED) is 0.336. The predicted molar refractivity (Wildman–Crippen MR) is 117 cm³/mol. The second-order valence-electron chi connectivity index (χ2n) is 7.54. The zero-order chi connectivity index (χ0) is 19.8. The van der Waals surface area contributed by atoms with E-state index in [0.717, 1.165) is 38.5 Å². The monoisotopic (exact) mass is 398 g/mol. The number of ether oxygens (including phenoxy) is 1. The van der Waals surface area contributed by atoms with Crippen LogP contribution >= 0.6 is 11.3 Å². The van der Waals surface area contributed by atoms with Crippen LogP contribution in [0.4, 0.5) is 0 Å². The molecule has 1 aromatic carbocycles. The maximum Gasteiger partial charge on any atom is 0.305 e. The average Bonchev–Trinajstić information content (AvgIpc) is 3.27. The predicted octanol–water partition coefficient (Wildman–Crippen LogP) is 5.68. The van der Waals surface area contributed by atoms with Crippen LogP contribution in [-0.2, 0) is 16.0 Å². The highest BCUT2D eigenvalue weighted by Gasteiger charge is 2.31. The molecule has 28 heavy (non-hydrogen) atoms. The lowest BCUT2D eigenvalue weighted by Gasteiger charge is -2.17. The van der Waals surface area contributed by atoms with E-state index in [1.165, 1.54) is 22.1 Å². The molecule has 3 rings (SSSR count). The van der Waals surface area contributed by atoms with Crippen molar-refractivity contribution >= 4 is 27.4 Å². The number of methoxy groups -OCH3 is 1. The molecule has 0 aliphatic heterocycles. The summed E-state index contributed by atoms with van der Waals surface area (Å²) in [7, 11) is 1.43. The number of carbonyl (C=O) groups excluding carboxylic acids is 1. The van der Waals surface area contributed by atoms with E-state index in [0.29, 0.717) is 12.3 Å². The van der Waals surface area contributed by atoms with Gasteiger partial charge in [-0.25, -0.2) is 0 Å². The number of aliphatic hydroxyl groups is 1. The number of thiophene rings is 1. The Balaban J connectivity index is 1.47. The van der Waals surface area contributed by atoms with E-state index in [-0.39, 0.29) is 18.0 Å². The van der Waals surface area contributed by atoms with Gasteiger partial charge in [0, 0.05) is 21.9 Å². The molecule has 0 bridgehead atoms. The molecule has 1 unspecified atom stereocenters. The lowest BCUT2D eigenvalue weighted by atomic mass is 9.91. The number of carbonyl (C=O) groups is 1. The van der Waals surface area contributed by atoms with Crippen LogP contribution in [-0.4, -0.2) is 24.3 Å². The van der Waals surface area contributed by atoms with E-state index in [2.05, 4.69) is 59.4 Å². The SMILES string of the molecule is COC(=O)CCC/C=C\C[C@H]1CC[C@@H](O)C1/C=C/Cc1cc2ccccc2s1. The lowest BCUT2D eigenvalue weighted by Crippen LogP contribution is -2.16. The maximum atomic E-state index is 11.1. The number of benzene rings is 1. The molecule has 4 heteroatoms. The van der Waals surface area contributed by atoms with E-state index in [1.54, 1.807) is 0 Å². The van der Waals surface area contributed by atoms with Crippen molar-refractivity contribution in [1.82, 2.24) is 0 Å². The van der Waals surface area contributed by atoms with Gasteiger partial charge < -0.3 is 9.84 Å². The van der Waals surface area contributed by atoms with Crippen molar-refractivity contribution in [2.75, 3.05) is 7.11 Å². The summed E-state index contributed by atoms with van der Waals surface area (Å²) in [5.74, 6) is 0.607. The number of hydrogen-bond acceptors (Lipinski definition) is 4. The molecule has 1 saturated carbocycles.